The van der Waals surface area contributed by atoms with Gasteiger partial charge >= 0.3 is 0 Å². The van der Waals surface area contributed by atoms with Gasteiger partial charge in [0.25, 0.3) is 0 Å². The van der Waals surface area contributed by atoms with Gasteiger partial charge in [0.2, 0.25) is 0 Å². The maximum Gasteiger partial charge on any atom is 0.0959 e. The molecule has 0 spiro atoms. The minimum Gasteiger partial charge on any atom is -0.388 e. The summed E-state index contributed by atoms with van der Waals surface area (Å²) in [5, 5.41) is 13.7. The Morgan fingerprint density at radius 1 is 1.15 bits per heavy atom. The quantitative estimate of drug-likeness (QED) is 0.900. The first-order valence-corrected chi connectivity index (χ1v) is 8.38. The van der Waals surface area contributed by atoms with Gasteiger partial charge in [-0.05, 0) is 18.4 Å². The molecule has 0 aliphatic heterocycles. The van der Waals surface area contributed by atoms with Crippen molar-refractivity contribution in [3.05, 3.63) is 52.0 Å². The van der Waals surface area contributed by atoms with Crippen LogP contribution in [0.25, 0.3) is 0 Å². The highest BCUT2D eigenvalue weighted by Gasteiger charge is 2.19. The molecule has 1 atom stereocenters. The Bertz CT molecular complexity index is 531. The molecule has 0 amide bonds. The topological polar surface area (TPSA) is 33.1 Å². The number of rotatable bonds is 4. The maximum absolute atomic E-state index is 10.3. The third kappa shape index (κ3) is 3.28. The second-order valence-corrected chi connectivity index (χ2v) is 6.53. The van der Waals surface area contributed by atoms with E-state index in [1.807, 2.05) is 30.3 Å². The molecular weight excluding hydrogens is 266 g/mol. The van der Waals surface area contributed by atoms with Gasteiger partial charge in [-0.2, -0.15) is 0 Å². The van der Waals surface area contributed by atoms with Crippen LogP contribution < -0.4 is 0 Å². The van der Waals surface area contributed by atoms with Crippen molar-refractivity contribution in [1.29, 1.82) is 0 Å². The zero-order valence-electron chi connectivity index (χ0n) is 11.7. The van der Waals surface area contributed by atoms with Crippen molar-refractivity contribution in [2.24, 2.45) is 0 Å². The normalized spacial score (nSPS) is 18.1. The Kier molecular flexibility index (Phi) is 4.48. The van der Waals surface area contributed by atoms with E-state index in [2.05, 4.69) is 5.38 Å². The Balaban J connectivity index is 1.65. The average molecular weight is 287 g/mol. The highest BCUT2D eigenvalue weighted by atomic mass is 32.1. The second kappa shape index (κ2) is 6.51. The predicted molar refractivity (Wildman–Crippen MR) is 83.0 cm³/mol. The fourth-order valence-corrected chi connectivity index (χ4v) is 3.95. The summed E-state index contributed by atoms with van der Waals surface area (Å²) in [6, 6.07) is 9.85. The molecule has 1 heterocycles. The lowest BCUT2D eigenvalue weighted by molar-refractivity contribution is 0.177. The highest BCUT2D eigenvalue weighted by Crippen LogP contribution is 2.34. The van der Waals surface area contributed by atoms with E-state index in [0.717, 1.165) is 11.3 Å². The molecule has 2 aromatic rings. The number of aromatic nitrogens is 1. The molecule has 1 aromatic heterocycles. The molecule has 2 nitrogen and oxygen atoms in total. The molecule has 1 fully saturated rings. The molecule has 1 aliphatic carbocycles. The van der Waals surface area contributed by atoms with Crippen molar-refractivity contribution >= 4 is 11.3 Å². The number of nitrogens with zero attached hydrogens (tertiary/aromatic N) is 1. The summed E-state index contributed by atoms with van der Waals surface area (Å²) in [5.74, 6) is 0.663. The van der Waals surface area contributed by atoms with E-state index in [1.54, 1.807) is 11.3 Å². The minimum atomic E-state index is -0.447. The van der Waals surface area contributed by atoms with Crippen LogP contribution in [0.5, 0.6) is 0 Å². The monoisotopic (exact) mass is 287 g/mol. The van der Waals surface area contributed by atoms with Gasteiger partial charge in [-0.3, -0.25) is 0 Å². The fourth-order valence-electron chi connectivity index (χ4n) is 2.94. The van der Waals surface area contributed by atoms with Crippen molar-refractivity contribution in [3.8, 4) is 0 Å². The van der Waals surface area contributed by atoms with Crippen molar-refractivity contribution in [2.45, 2.75) is 50.5 Å². The van der Waals surface area contributed by atoms with Crippen molar-refractivity contribution in [1.82, 2.24) is 4.98 Å². The third-order valence-corrected chi connectivity index (χ3v) is 5.17. The van der Waals surface area contributed by atoms with Gasteiger partial charge in [0.05, 0.1) is 16.8 Å². The van der Waals surface area contributed by atoms with Crippen LogP contribution in [0.4, 0.5) is 0 Å². The minimum absolute atomic E-state index is 0.447. The summed E-state index contributed by atoms with van der Waals surface area (Å²) in [4.78, 5) is 4.76. The molecule has 20 heavy (non-hydrogen) atoms. The molecule has 106 valence electrons. The summed E-state index contributed by atoms with van der Waals surface area (Å²) >= 11 is 1.77. The smallest absolute Gasteiger partial charge is 0.0959 e. The van der Waals surface area contributed by atoms with Crippen molar-refractivity contribution < 1.29 is 5.11 Å². The van der Waals surface area contributed by atoms with Crippen LogP contribution in [0.15, 0.2) is 35.7 Å². The van der Waals surface area contributed by atoms with Gasteiger partial charge in [-0.25, -0.2) is 4.98 Å². The third-order valence-electron chi connectivity index (χ3n) is 4.11. The fraction of sp³-hybridized carbons (Fsp3) is 0.471. The zero-order valence-corrected chi connectivity index (χ0v) is 12.5. The number of hydrogen-bond donors (Lipinski definition) is 1. The van der Waals surface area contributed by atoms with Gasteiger partial charge in [0.15, 0.2) is 0 Å². The molecule has 3 heteroatoms. The van der Waals surface area contributed by atoms with E-state index >= 15 is 0 Å². The molecule has 1 N–H and O–H groups in total. The van der Waals surface area contributed by atoms with Crippen LogP contribution >= 0.6 is 11.3 Å². The Morgan fingerprint density at radius 2 is 1.90 bits per heavy atom. The van der Waals surface area contributed by atoms with E-state index in [-0.39, 0.29) is 0 Å². The number of hydrogen-bond acceptors (Lipinski definition) is 3. The van der Waals surface area contributed by atoms with Crippen molar-refractivity contribution in [2.75, 3.05) is 0 Å². The second-order valence-electron chi connectivity index (χ2n) is 5.64. The number of thiazole rings is 1. The average Bonchev–Trinajstić information content (AvgIpc) is 2.97. The Labute approximate surface area is 124 Å². The number of aliphatic hydroxyl groups excluding tert-OH is 1. The van der Waals surface area contributed by atoms with E-state index in [9.17, 15) is 5.11 Å². The van der Waals surface area contributed by atoms with Crippen LogP contribution in [-0.4, -0.2) is 10.1 Å². The lowest BCUT2D eigenvalue weighted by Crippen LogP contribution is -2.05. The SMILES string of the molecule is OC(Cc1csc(C2CCCCC2)n1)c1ccccc1. The van der Waals surface area contributed by atoms with Crippen LogP contribution in [0.2, 0.25) is 0 Å². The molecule has 0 radical (unpaired) electrons. The van der Waals surface area contributed by atoms with Crippen LogP contribution in [0.1, 0.15) is 60.4 Å². The molecule has 1 aromatic carbocycles. The van der Waals surface area contributed by atoms with E-state index in [0.29, 0.717) is 12.3 Å². The summed E-state index contributed by atoms with van der Waals surface area (Å²) in [6.45, 7) is 0. The molecule has 1 aliphatic rings. The van der Waals surface area contributed by atoms with Gasteiger partial charge in [0.1, 0.15) is 0 Å². The summed E-state index contributed by atoms with van der Waals surface area (Å²) in [5.41, 5.74) is 2.01. The zero-order chi connectivity index (χ0) is 13.8. The first-order chi connectivity index (χ1) is 9.83. The predicted octanol–water partition coefficient (Wildman–Crippen LogP) is 4.47. The van der Waals surface area contributed by atoms with Gasteiger partial charge in [0, 0.05) is 17.7 Å². The summed E-state index contributed by atoms with van der Waals surface area (Å²) in [7, 11) is 0. The standard InChI is InChI=1S/C17H21NOS/c19-16(13-7-3-1-4-8-13)11-15-12-20-17(18-15)14-9-5-2-6-10-14/h1,3-4,7-8,12,14,16,19H,2,5-6,9-11H2. The van der Waals surface area contributed by atoms with Gasteiger partial charge < -0.3 is 5.11 Å². The summed E-state index contributed by atoms with van der Waals surface area (Å²) < 4.78 is 0. The van der Waals surface area contributed by atoms with Crippen LogP contribution in [0, 0.1) is 0 Å². The Morgan fingerprint density at radius 3 is 2.65 bits per heavy atom. The maximum atomic E-state index is 10.3. The van der Waals surface area contributed by atoms with Gasteiger partial charge in [-0.15, -0.1) is 11.3 Å². The van der Waals surface area contributed by atoms with E-state index < -0.39 is 6.10 Å². The first kappa shape index (κ1) is 13.8. The lowest BCUT2D eigenvalue weighted by atomic mass is 9.90. The molecule has 1 unspecified atom stereocenters. The van der Waals surface area contributed by atoms with Crippen LogP contribution in [0.3, 0.4) is 0 Å². The first-order valence-electron chi connectivity index (χ1n) is 7.50. The van der Waals surface area contributed by atoms with Crippen molar-refractivity contribution in [3.63, 3.8) is 0 Å². The lowest BCUT2D eigenvalue weighted by Gasteiger charge is -2.19. The van der Waals surface area contributed by atoms with Gasteiger partial charge in [-0.1, -0.05) is 49.6 Å². The molecular formula is C17H21NOS. The molecule has 3 rings (SSSR count). The molecule has 0 saturated heterocycles. The summed E-state index contributed by atoms with van der Waals surface area (Å²) in [6.07, 6.45) is 6.80. The number of benzene rings is 1. The molecule has 1 saturated carbocycles. The Hall–Kier alpha value is -1.19. The highest BCUT2D eigenvalue weighted by molar-refractivity contribution is 7.09. The largest absolute Gasteiger partial charge is 0.388 e. The molecule has 0 bridgehead atoms. The van der Waals surface area contributed by atoms with Crippen LogP contribution in [-0.2, 0) is 6.42 Å². The van der Waals surface area contributed by atoms with E-state index in [4.69, 9.17) is 4.98 Å². The number of aliphatic hydroxyl groups is 1. The van der Waals surface area contributed by atoms with E-state index in [1.165, 1.54) is 37.1 Å².